The second-order valence-electron chi connectivity index (χ2n) is 10.8. The van der Waals surface area contributed by atoms with Crippen LogP contribution in [0.3, 0.4) is 0 Å². The Hall–Kier alpha value is -5.10. The highest BCUT2D eigenvalue weighted by Gasteiger charge is 2.05. The van der Waals surface area contributed by atoms with Crippen molar-refractivity contribution in [3.05, 3.63) is 129 Å². The Morgan fingerprint density at radius 3 is 1.00 bits per heavy atom. The molecule has 43 heavy (non-hydrogen) atoms. The maximum atomic E-state index is 9.62. The van der Waals surface area contributed by atoms with E-state index < -0.39 is 0 Å². The van der Waals surface area contributed by atoms with Gasteiger partial charge in [-0.05, 0) is 134 Å². The first-order chi connectivity index (χ1) is 20.2. The van der Waals surface area contributed by atoms with Crippen LogP contribution in [-0.4, -0.2) is 30.6 Å². The molecule has 6 nitrogen and oxygen atoms in total. The minimum atomic E-state index is 0.142. The van der Waals surface area contributed by atoms with Gasteiger partial charge < -0.3 is 30.6 Å². The second-order valence-corrected chi connectivity index (χ2v) is 10.8. The van der Waals surface area contributed by atoms with E-state index in [0.717, 1.165) is 62.1 Å². The fourth-order valence-corrected chi connectivity index (χ4v) is 4.30. The monoisotopic (exact) mass is 580 g/mol. The molecule has 0 amide bonds. The Balaban J connectivity index is 0.000000183. The van der Waals surface area contributed by atoms with Gasteiger partial charge in [0.05, 0.1) is 0 Å². The minimum absolute atomic E-state index is 0.142. The third-order valence-corrected chi connectivity index (χ3v) is 7.20. The highest BCUT2D eigenvalue weighted by Crippen LogP contribution is 2.30. The molecule has 0 saturated carbocycles. The predicted octanol–water partition coefficient (Wildman–Crippen LogP) is 8.40. The average Bonchev–Trinajstić information content (AvgIpc) is 2.95. The number of benzene rings is 5. The van der Waals surface area contributed by atoms with Crippen LogP contribution in [0.5, 0.6) is 34.5 Å². The molecule has 0 atom stereocenters. The number of rotatable bonds is 3. The maximum absolute atomic E-state index is 9.62. The molecule has 0 saturated heterocycles. The van der Waals surface area contributed by atoms with E-state index in [2.05, 4.69) is 0 Å². The number of phenols is 6. The summed E-state index contributed by atoms with van der Waals surface area (Å²) in [6, 6.07) is 25.3. The van der Waals surface area contributed by atoms with Crippen molar-refractivity contribution in [3.8, 4) is 45.6 Å². The number of aryl methyl sites for hydroxylation is 6. The van der Waals surface area contributed by atoms with E-state index >= 15 is 0 Å². The normalized spacial score (nSPS) is 10.3. The third-order valence-electron chi connectivity index (χ3n) is 7.20. The first kappa shape index (κ1) is 32.4. The Bertz CT molecular complexity index is 1570. The molecule has 0 heterocycles. The van der Waals surface area contributed by atoms with Crippen molar-refractivity contribution >= 4 is 0 Å². The van der Waals surface area contributed by atoms with Gasteiger partial charge in [0.15, 0.2) is 0 Å². The van der Waals surface area contributed by atoms with Crippen LogP contribution < -0.4 is 0 Å². The average molecular weight is 581 g/mol. The van der Waals surface area contributed by atoms with Crippen LogP contribution in [0.2, 0.25) is 0 Å². The van der Waals surface area contributed by atoms with Crippen LogP contribution >= 0.6 is 0 Å². The molecule has 5 aromatic carbocycles. The largest absolute Gasteiger partial charge is 0.508 e. The van der Waals surface area contributed by atoms with Gasteiger partial charge in [0.25, 0.3) is 0 Å². The molecule has 0 radical (unpaired) electrons. The lowest BCUT2D eigenvalue weighted by atomic mass is 10.0. The van der Waals surface area contributed by atoms with Gasteiger partial charge in [-0.15, -0.1) is 0 Å². The highest BCUT2D eigenvalue weighted by molar-refractivity contribution is 5.68. The van der Waals surface area contributed by atoms with E-state index in [1.165, 1.54) is 6.07 Å². The minimum Gasteiger partial charge on any atom is -0.508 e. The van der Waals surface area contributed by atoms with Crippen LogP contribution in [0.1, 0.15) is 44.5 Å². The van der Waals surface area contributed by atoms with E-state index in [-0.39, 0.29) is 23.0 Å². The number of aromatic hydroxyl groups is 6. The molecule has 0 unspecified atom stereocenters. The molecule has 224 valence electrons. The Morgan fingerprint density at radius 1 is 0.326 bits per heavy atom. The molecule has 0 aliphatic heterocycles. The lowest BCUT2D eigenvalue weighted by Gasteiger charge is -2.06. The van der Waals surface area contributed by atoms with Crippen LogP contribution in [0.4, 0.5) is 0 Å². The summed E-state index contributed by atoms with van der Waals surface area (Å²) in [7, 11) is 0. The van der Waals surface area contributed by atoms with E-state index in [1.807, 2.05) is 76.2 Å². The molecule has 0 bridgehead atoms. The van der Waals surface area contributed by atoms with Crippen LogP contribution in [0, 0.1) is 41.5 Å². The van der Waals surface area contributed by atoms with Crippen LogP contribution in [0.25, 0.3) is 11.1 Å². The number of phenolic OH excluding ortho intramolecular Hbond substituents is 6. The summed E-state index contributed by atoms with van der Waals surface area (Å²) in [6.07, 6.45) is 0.808. The van der Waals surface area contributed by atoms with Crippen LogP contribution in [-0.2, 0) is 6.42 Å². The molecule has 0 aliphatic rings. The fourth-order valence-electron chi connectivity index (χ4n) is 4.30. The molecule has 6 heteroatoms. The maximum Gasteiger partial charge on any atom is 0.122 e. The lowest BCUT2D eigenvalue weighted by Crippen LogP contribution is -1.90. The Kier molecular flexibility index (Phi) is 10.7. The summed E-state index contributed by atoms with van der Waals surface area (Å²) in [5, 5.41) is 56.3. The molecular weight excluding hydrogens is 540 g/mol. The molecule has 6 N–H and O–H groups in total. The predicted molar refractivity (Wildman–Crippen MR) is 172 cm³/mol. The summed E-state index contributed by atoms with van der Waals surface area (Å²) in [5.41, 5.74) is 9.16. The van der Waals surface area contributed by atoms with Gasteiger partial charge >= 0.3 is 0 Å². The van der Waals surface area contributed by atoms with Gasteiger partial charge in [0, 0.05) is 6.07 Å². The van der Waals surface area contributed by atoms with Crippen LogP contribution in [0.15, 0.2) is 84.9 Å². The summed E-state index contributed by atoms with van der Waals surface area (Å²) in [5.74, 6) is 1.49. The molecule has 0 spiro atoms. The molecule has 5 rings (SSSR count). The first-order valence-corrected chi connectivity index (χ1v) is 13.9. The van der Waals surface area contributed by atoms with Gasteiger partial charge in [0.2, 0.25) is 0 Å². The Labute approximate surface area is 253 Å². The van der Waals surface area contributed by atoms with Crippen molar-refractivity contribution in [2.75, 3.05) is 0 Å². The van der Waals surface area contributed by atoms with Gasteiger partial charge in [0.1, 0.15) is 34.5 Å². The van der Waals surface area contributed by atoms with Crippen molar-refractivity contribution in [2.24, 2.45) is 0 Å². The Morgan fingerprint density at radius 2 is 0.674 bits per heavy atom. The zero-order valence-corrected chi connectivity index (χ0v) is 25.5. The number of hydrogen-bond donors (Lipinski definition) is 6. The molecular formula is C37H40O6. The zero-order chi connectivity index (χ0) is 31.8. The topological polar surface area (TPSA) is 121 Å². The summed E-state index contributed by atoms with van der Waals surface area (Å²) < 4.78 is 0. The zero-order valence-electron chi connectivity index (χ0n) is 25.5. The summed E-state index contributed by atoms with van der Waals surface area (Å²) in [4.78, 5) is 0. The van der Waals surface area contributed by atoms with E-state index in [9.17, 15) is 20.4 Å². The fraction of sp³-hybridized carbons (Fsp3) is 0.189. The van der Waals surface area contributed by atoms with Crippen molar-refractivity contribution in [3.63, 3.8) is 0 Å². The molecule has 5 aromatic rings. The first-order valence-electron chi connectivity index (χ1n) is 13.9. The smallest absolute Gasteiger partial charge is 0.122 e. The number of hydrogen-bond acceptors (Lipinski definition) is 6. The van der Waals surface area contributed by atoms with E-state index in [0.29, 0.717) is 11.5 Å². The molecule has 0 aliphatic carbocycles. The van der Waals surface area contributed by atoms with Crippen molar-refractivity contribution in [2.45, 2.75) is 48.0 Å². The van der Waals surface area contributed by atoms with Gasteiger partial charge in [-0.3, -0.25) is 0 Å². The van der Waals surface area contributed by atoms with Crippen molar-refractivity contribution in [1.82, 2.24) is 0 Å². The standard InChI is InChI=1S/C15H16O2.C14H14O2.C8H10O2/c1-10-7-12(3-5-14(10)16)9-13-4-6-15(17)11(2)8-13;1-9-3-5-11(7-13(9)15)12-6-4-10(2)14(16)8-12;1-5-3-6(2)8(10)4-7(5)9/h3-8,16-17H,9H2,1-2H3;3-8,15-16H,1-2H3;3-4,9-10H,1-2H3. The summed E-state index contributed by atoms with van der Waals surface area (Å²) in [6.45, 7) is 11.1. The SMILES string of the molecule is Cc1cc(C)c(O)cc1O.Cc1cc(Cc2ccc(O)c(C)c2)ccc1O.Cc1ccc(-c2ccc(C)c(O)c2)cc1O. The third kappa shape index (κ3) is 8.94. The highest BCUT2D eigenvalue weighted by atomic mass is 16.3. The quantitative estimate of drug-likeness (QED) is 0.127. The van der Waals surface area contributed by atoms with Crippen molar-refractivity contribution in [1.29, 1.82) is 0 Å². The summed E-state index contributed by atoms with van der Waals surface area (Å²) >= 11 is 0. The van der Waals surface area contributed by atoms with E-state index in [4.69, 9.17) is 10.2 Å². The molecule has 0 aromatic heterocycles. The van der Waals surface area contributed by atoms with Gasteiger partial charge in [-0.1, -0.05) is 48.5 Å². The second kappa shape index (κ2) is 14.2. The molecule has 0 fully saturated rings. The van der Waals surface area contributed by atoms with E-state index in [1.54, 1.807) is 44.2 Å². The van der Waals surface area contributed by atoms with Gasteiger partial charge in [-0.25, -0.2) is 0 Å². The van der Waals surface area contributed by atoms with Crippen molar-refractivity contribution < 1.29 is 30.6 Å². The lowest BCUT2D eigenvalue weighted by molar-refractivity contribution is 0.445. The van der Waals surface area contributed by atoms with Gasteiger partial charge in [-0.2, -0.15) is 0 Å².